The third kappa shape index (κ3) is 3.86. The van der Waals surface area contributed by atoms with Crippen molar-refractivity contribution in [3.8, 4) is 0 Å². The van der Waals surface area contributed by atoms with Crippen LogP contribution >= 0.6 is 0 Å². The van der Waals surface area contributed by atoms with Crippen LogP contribution < -0.4 is 5.32 Å². The van der Waals surface area contributed by atoms with Crippen molar-refractivity contribution in [3.05, 3.63) is 76.2 Å². The van der Waals surface area contributed by atoms with Crippen molar-refractivity contribution < 1.29 is 4.79 Å². The number of rotatable bonds is 5. The third-order valence-corrected chi connectivity index (χ3v) is 2.81. The minimum Gasteiger partial charge on any atom is -0.352 e. The SMILES string of the molecule is [N-]=[N+]=Nc1cccc(C(=O)NCCc2ccccc2)c1. The van der Waals surface area contributed by atoms with E-state index in [4.69, 9.17) is 5.53 Å². The van der Waals surface area contributed by atoms with Gasteiger partial charge in [-0.05, 0) is 29.6 Å². The molecule has 0 fully saturated rings. The summed E-state index contributed by atoms with van der Waals surface area (Å²) >= 11 is 0. The molecule has 0 bridgehead atoms. The van der Waals surface area contributed by atoms with Gasteiger partial charge in [0.15, 0.2) is 0 Å². The van der Waals surface area contributed by atoms with Gasteiger partial charge in [-0.2, -0.15) is 0 Å². The Morgan fingerprint density at radius 1 is 1.15 bits per heavy atom. The van der Waals surface area contributed by atoms with Crippen molar-refractivity contribution in [2.24, 2.45) is 5.11 Å². The third-order valence-electron chi connectivity index (χ3n) is 2.81. The molecule has 2 aromatic carbocycles. The maximum Gasteiger partial charge on any atom is 0.251 e. The van der Waals surface area contributed by atoms with Gasteiger partial charge in [0.05, 0.1) is 0 Å². The topological polar surface area (TPSA) is 77.9 Å². The summed E-state index contributed by atoms with van der Waals surface area (Å²) in [5.74, 6) is -0.170. The Morgan fingerprint density at radius 3 is 2.70 bits per heavy atom. The van der Waals surface area contributed by atoms with Crippen LogP contribution in [0.15, 0.2) is 59.7 Å². The lowest BCUT2D eigenvalue weighted by Gasteiger charge is -2.05. The molecule has 1 N–H and O–H groups in total. The summed E-state index contributed by atoms with van der Waals surface area (Å²) in [7, 11) is 0. The number of amides is 1. The quantitative estimate of drug-likeness (QED) is 0.501. The van der Waals surface area contributed by atoms with Crippen molar-refractivity contribution >= 4 is 11.6 Å². The lowest BCUT2D eigenvalue weighted by molar-refractivity contribution is 0.0954. The minimum atomic E-state index is -0.170. The molecule has 0 aromatic heterocycles. The van der Waals surface area contributed by atoms with Crippen molar-refractivity contribution in [3.63, 3.8) is 0 Å². The number of hydrogen-bond donors (Lipinski definition) is 1. The fourth-order valence-electron chi connectivity index (χ4n) is 1.83. The van der Waals surface area contributed by atoms with Crippen LogP contribution in [-0.4, -0.2) is 12.5 Å². The summed E-state index contributed by atoms with van der Waals surface area (Å²) < 4.78 is 0. The fourth-order valence-corrected chi connectivity index (χ4v) is 1.83. The predicted molar refractivity (Wildman–Crippen MR) is 77.7 cm³/mol. The smallest absolute Gasteiger partial charge is 0.251 e. The van der Waals surface area contributed by atoms with E-state index in [1.165, 1.54) is 5.56 Å². The molecule has 20 heavy (non-hydrogen) atoms. The van der Waals surface area contributed by atoms with E-state index < -0.39 is 0 Å². The van der Waals surface area contributed by atoms with Crippen molar-refractivity contribution in [2.45, 2.75) is 6.42 Å². The van der Waals surface area contributed by atoms with Crippen molar-refractivity contribution in [1.29, 1.82) is 0 Å². The van der Waals surface area contributed by atoms with Gasteiger partial charge in [-0.25, -0.2) is 0 Å². The highest BCUT2D eigenvalue weighted by Gasteiger charge is 2.05. The van der Waals surface area contributed by atoms with E-state index in [1.807, 2.05) is 30.3 Å². The van der Waals surface area contributed by atoms with Crippen LogP contribution in [0.3, 0.4) is 0 Å². The number of benzene rings is 2. The molecule has 5 nitrogen and oxygen atoms in total. The molecule has 0 saturated carbocycles. The van der Waals surface area contributed by atoms with Crippen molar-refractivity contribution in [1.82, 2.24) is 5.32 Å². The van der Waals surface area contributed by atoms with Crippen LogP contribution in [-0.2, 0) is 6.42 Å². The summed E-state index contributed by atoms with van der Waals surface area (Å²) in [5.41, 5.74) is 10.5. The first-order valence-corrected chi connectivity index (χ1v) is 6.27. The van der Waals surface area contributed by atoms with Crippen LogP contribution in [0, 0.1) is 0 Å². The number of carbonyl (C=O) groups excluding carboxylic acids is 1. The summed E-state index contributed by atoms with van der Waals surface area (Å²) in [4.78, 5) is 14.6. The zero-order valence-electron chi connectivity index (χ0n) is 10.9. The first kappa shape index (κ1) is 13.6. The van der Waals surface area contributed by atoms with Gasteiger partial charge < -0.3 is 5.32 Å². The monoisotopic (exact) mass is 266 g/mol. The zero-order chi connectivity index (χ0) is 14.2. The number of nitrogens with zero attached hydrogens (tertiary/aromatic N) is 3. The average Bonchev–Trinajstić information content (AvgIpc) is 2.49. The molecule has 2 rings (SSSR count). The van der Waals surface area contributed by atoms with E-state index in [1.54, 1.807) is 24.3 Å². The number of carbonyl (C=O) groups is 1. The van der Waals surface area contributed by atoms with Crippen LogP contribution in [0.1, 0.15) is 15.9 Å². The molecule has 0 heterocycles. The second-order valence-electron chi connectivity index (χ2n) is 4.23. The molecule has 2 aromatic rings. The van der Waals surface area contributed by atoms with Gasteiger partial charge in [0.2, 0.25) is 0 Å². The van der Waals surface area contributed by atoms with Gasteiger partial charge in [0.1, 0.15) is 0 Å². The molecular weight excluding hydrogens is 252 g/mol. The molecular formula is C15H14N4O. The molecule has 0 radical (unpaired) electrons. The van der Waals surface area contributed by atoms with Crippen LogP contribution in [0.5, 0.6) is 0 Å². The summed E-state index contributed by atoms with van der Waals surface area (Å²) in [6.45, 7) is 0.564. The largest absolute Gasteiger partial charge is 0.352 e. The highest BCUT2D eigenvalue weighted by Crippen LogP contribution is 2.14. The van der Waals surface area contributed by atoms with E-state index in [-0.39, 0.29) is 5.91 Å². The number of nitrogens with one attached hydrogen (secondary N) is 1. The molecule has 0 unspecified atom stereocenters. The zero-order valence-corrected chi connectivity index (χ0v) is 10.9. The molecule has 5 heteroatoms. The molecule has 0 spiro atoms. The summed E-state index contributed by atoms with van der Waals surface area (Å²) in [6, 6.07) is 16.6. The number of azide groups is 1. The molecule has 0 aliphatic carbocycles. The van der Waals surface area contributed by atoms with Crippen LogP contribution in [0.4, 0.5) is 5.69 Å². The molecule has 0 saturated heterocycles. The second-order valence-corrected chi connectivity index (χ2v) is 4.23. The lowest BCUT2D eigenvalue weighted by Crippen LogP contribution is -2.25. The average molecular weight is 266 g/mol. The van der Waals surface area contributed by atoms with E-state index in [0.29, 0.717) is 17.8 Å². The van der Waals surface area contributed by atoms with Gasteiger partial charge in [0, 0.05) is 22.7 Å². The first-order valence-electron chi connectivity index (χ1n) is 6.27. The van der Waals surface area contributed by atoms with Gasteiger partial charge >= 0.3 is 0 Å². The van der Waals surface area contributed by atoms with Gasteiger partial charge in [-0.3, -0.25) is 4.79 Å². The second kappa shape index (κ2) is 6.97. The standard InChI is InChI=1S/C15H14N4O/c16-19-18-14-8-4-7-13(11-14)15(20)17-10-9-12-5-2-1-3-6-12/h1-8,11H,9-10H2,(H,17,20). The van der Waals surface area contributed by atoms with E-state index in [2.05, 4.69) is 15.3 Å². The summed E-state index contributed by atoms with van der Waals surface area (Å²) in [5, 5.41) is 6.32. The normalized spacial score (nSPS) is 9.60. The Hall–Kier alpha value is -2.78. The Kier molecular flexibility index (Phi) is 4.76. The highest BCUT2D eigenvalue weighted by molar-refractivity contribution is 5.94. The van der Waals surface area contributed by atoms with Gasteiger partial charge in [-0.15, -0.1) is 0 Å². The molecule has 0 aliphatic heterocycles. The maximum atomic E-state index is 11.9. The van der Waals surface area contributed by atoms with Crippen molar-refractivity contribution in [2.75, 3.05) is 6.54 Å². The Balaban J connectivity index is 1.92. The highest BCUT2D eigenvalue weighted by atomic mass is 16.1. The molecule has 1 amide bonds. The molecule has 0 atom stereocenters. The molecule has 100 valence electrons. The van der Waals surface area contributed by atoms with E-state index in [9.17, 15) is 4.79 Å². The fraction of sp³-hybridized carbons (Fsp3) is 0.133. The predicted octanol–water partition coefficient (Wildman–Crippen LogP) is 3.60. The first-order chi connectivity index (χ1) is 9.79. The van der Waals surface area contributed by atoms with Crippen LogP contribution in [0.25, 0.3) is 10.4 Å². The van der Waals surface area contributed by atoms with E-state index >= 15 is 0 Å². The lowest BCUT2D eigenvalue weighted by atomic mass is 10.1. The number of hydrogen-bond acceptors (Lipinski definition) is 2. The Bertz CT molecular complexity index is 633. The van der Waals surface area contributed by atoms with Gasteiger partial charge in [0.25, 0.3) is 5.91 Å². The Labute approximate surface area is 116 Å². The minimum absolute atomic E-state index is 0.170. The summed E-state index contributed by atoms with van der Waals surface area (Å²) in [6.07, 6.45) is 0.780. The molecule has 0 aliphatic rings. The van der Waals surface area contributed by atoms with E-state index in [0.717, 1.165) is 6.42 Å². The van der Waals surface area contributed by atoms with Crippen LogP contribution in [0.2, 0.25) is 0 Å². The Morgan fingerprint density at radius 2 is 1.95 bits per heavy atom. The maximum absolute atomic E-state index is 11.9. The van der Waals surface area contributed by atoms with Gasteiger partial charge in [-0.1, -0.05) is 47.6 Å².